The third-order valence-corrected chi connectivity index (χ3v) is 4.15. The number of nitrogen functional groups attached to an aromatic ring is 1. The van der Waals surface area contributed by atoms with E-state index in [4.69, 9.17) is 5.73 Å². The zero-order chi connectivity index (χ0) is 15.0. The van der Waals surface area contributed by atoms with Gasteiger partial charge in [-0.3, -0.25) is 0 Å². The Bertz CT molecular complexity index is 814. The van der Waals surface area contributed by atoms with Gasteiger partial charge in [-0.25, -0.2) is 15.0 Å². The summed E-state index contributed by atoms with van der Waals surface area (Å²) >= 11 is 1.52. The van der Waals surface area contributed by atoms with Crippen molar-refractivity contribution in [2.75, 3.05) is 5.73 Å². The number of aryl methyl sites for hydroxylation is 3. The van der Waals surface area contributed by atoms with Crippen molar-refractivity contribution < 1.29 is 0 Å². The van der Waals surface area contributed by atoms with Crippen LogP contribution in [0.3, 0.4) is 0 Å². The van der Waals surface area contributed by atoms with Crippen LogP contribution in [0.2, 0.25) is 0 Å². The van der Waals surface area contributed by atoms with Crippen LogP contribution in [-0.4, -0.2) is 19.9 Å². The average Bonchev–Trinajstić information content (AvgIpc) is 2.43. The van der Waals surface area contributed by atoms with Crippen molar-refractivity contribution in [3.8, 4) is 0 Å². The standard InChI is InChI=1S/C15H15N5S/c1-8-4-6-11(7-5-8)21-14-12-13(19-15(16)20-14)18-10(3)9(2)17-12/h4-7H,1-3H3,(H2,16,18,19,20). The van der Waals surface area contributed by atoms with Gasteiger partial charge in [0.15, 0.2) is 5.65 Å². The fourth-order valence-electron chi connectivity index (χ4n) is 1.89. The highest BCUT2D eigenvalue weighted by molar-refractivity contribution is 7.99. The largest absolute Gasteiger partial charge is 0.368 e. The van der Waals surface area contributed by atoms with E-state index in [9.17, 15) is 0 Å². The molecule has 106 valence electrons. The molecule has 1 aromatic carbocycles. The van der Waals surface area contributed by atoms with Crippen LogP contribution in [0.5, 0.6) is 0 Å². The summed E-state index contributed by atoms with van der Waals surface area (Å²) in [6.07, 6.45) is 0. The number of aromatic nitrogens is 4. The molecule has 21 heavy (non-hydrogen) atoms. The summed E-state index contributed by atoms with van der Waals surface area (Å²) in [5.41, 5.74) is 9.97. The average molecular weight is 297 g/mol. The molecule has 3 aromatic rings. The lowest BCUT2D eigenvalue weighted by Crippen LogP contribution is -2.02. The van der Waals surface area contributed by atoms with Gasteiger partial charge in [-0.1, -0.05) is 29.5 Å². The maximum Gasteiger partial charge on any atom is 0.223 e. The third kappa shape index (κ3) is 2.80. The van der Waals surface area contributed by atoms with E-state index >= 15 is 0 Å². The molecule has 2 heterocycles. The highest BCUT2D eigenvalue weighted by atomic mass is 32.2. The molecule has 2 N–H and O–H groups in total. The smallest absolute Gasteiger partial charge is 0.223 e. The van der Waals surface area contributed by atoms with E-state index in [2.05, 4.69) is 51.1 Å². The van der Waals surface area contributed by atoms with Crippen molar-refractivity contribution in [3.63, 3.8) is 0 Å². The first-order chi connectivity index (χ1) is 10.0. The quantitative estimate of drug-likeness (QED) is 0.732. The summed E-state index contributed by atoms with van der Waals surface area (Å²) < 4.78 is 0. The van der Waals surface area contributed by atoms with E-state index in [1.807, 2.05) is 13.8 Å². The van der Waals surface area contributed by atoms with E-state index in [-0.39, 0.29) is 5.95 Å². The van der Waals surface area contributed by atoms with E-state index in [0.29, 0.717) is 11.2 Å². The molecule has 0 aliphatic heterocycles. The molecule has 0 atom stereocenters. The van der Waals surface area contributed by atoms with Crippen LogP contribution in [0, 0.1) is 20.8 Å². The number of benzene rings is 1. The lowest BCUT2D eigenvalue weighted by Gasteiger charge is -2.07. The first-order valence-electron chi connectivity index (χ1n) is 6.56. The monoisotopic (exact) mass is 297 g/mol. The molecular weight excluding hydrogens is 282 g/mol. The molecule has 0 aliphatic rings. The van der Waals surface area contributed by atoms with Crippen molar-refractivity contribution in [2.24, 2.45) is 0 Å². The van der Waals surface area contributed by atoms with Gasteiger partial charge in [0.05, 0.1) is 11.4 Å². The van der Waals surface area contributed by atoms with Gasteiger partial charge in [-0.2, -0.15) is 4.98 Å². The molecule has 0 aliphatic carbocycles. The van der Waals surface area contributed by atoms with E-state index < -0.39 is 0 Å². The minimum Gasteiger partial charge on any atom is -0.368 e. The summed E-state index contributed by atoms with van der Waals surface area (Å²) in [6.45, 7) is 5.90. The molecular formula is C15H15N5S. The SMILES string of the molecule is Cc1ccc(Sc2nc(N)nc3nc(C)c(C)nc23)cc1. The first kappa shape index (κ1) is 13.8. The fourth-order valence-corrected chi connectivity index (χ4v) is 2.76. The predicted molar refractivity (Wildman–Crippen MR) is 84.3 cm³/mol. The summed E-state index contributed by atoms with van der Waals surface area (Å²) in [5.74, 6) is 0.217. The van der Waals surface area contributed by atoms with E-state index in [1.165, 1.54) is 17.3 Å². The molecule has 0 fully saturated rings. The van der Waals surface area contributed by atoms with Gasteiger partial charge in [-0.15, -0.1) is 0 Å². The van der Waals surface area contributed by atoms with Crippen LogP contribution in [0.4, 0.5) is 5.95 Å². The van der Waals surface area contributed by atoms with Gasteiger partial charge in [0.1, 0.15) is 10.5 Å². The minimum absolute atomic E-state index is 0.217. The van der Waals surface area contributed by atoms with E-state index in [0.717, 1.165) is 21.3 Å². The van der Waals surface area contributed by atoms with Crippen LogP contribution in [0.15, 0.2) is 34.2 Å². The normalized spacial score (nSPS) is 11.0. The highest BCUT2D eigenvalue weighted by Crippen LogP contribution is 2.31. The van der Waals surface area contributed by atoms with Crippen molar-refractivity contribution in [3.05, 3.63) is 41.2 Å². The topological polar surface area (TPSA) is 77.6 Å². The zero-order valence-electron chi connectivity index (χ0n) is 12.1. The molecule has 0 amide bonds. The molecule has 0 spiro atoms. The molecule has 0 bridgehead atoms. The van der Waals surface area contributed by atoms with Crippen molar-refractivity contribution in [2.45, 2.75) is 30.7 Å². The van der Waals surface area contributed by atoms with Crippen LogP contribution < -0.4 is 5.73 Å². The van der Waals surface area contributed by atoms with Gasteiger partial charge in [0, 0.05) is 4.90 Å². The fraction of sp³-hybridized carbons (Fsp3) is 0.200. The molecule has 3 rings (SSSR count). The molecule has 0 saturated carbocycles. The number of nitrogens with zero attached hydrogens (tertiary/aromatic N) is 4. The Balaban J connectivity index is 2.12. The number of rotatable bonds is 2. The number of fused-ring (bicyclic) bond motifs is 1. The van der Waals surface area contributed by atoms with Crippen LogP contribution in [-0.2, 0) is 0 Å². The molecule has 0 radical (unpaired) electrons. The number of hydrogen-bond acceptors (Lipinski definition) is 6. The van der Waals surface area contributed by atoms with Crippen LogP contribution in [0.25, 0.3) is 11.2 Å². The number of hydrogen-bond donors (Lipinski definition) is 1. The summed E-state index contributed by atoms with van der Waals surface area (Å²) in [4.78, 5) is 18.6. The second kappa shape index (κ2) is 5.29. The summed E-state index contributed by atoms with van der Waals surface area (Å²) in [7, 11) is 0. The van der Waals surface area contributed by atoms with Gasteiger partial charge in [-0.05, 0) is 32.9 Å². The predicted octanol–water partition coefficient (Wildman–Crippen LogP) is 3.08. The molecule has 6 heteroatoms. The Hall–Kier alpha value is -2.21. The zero-order valence-corrected chi connectivity index (χ0v) is 12.9. The maximum atomic E-state index is 5.79. The third-order valence-electron chi connectivity index (χ3n) is 3.16. The Morgan fingerprint density at radius 2 is 1.52 bits per heavy atom. The summed E-state index contributed by atoms with van der Waals surface area (Å²) in [5, 5.41) is 0.733. The van der Waals surface area contributed by atoms with Gasteiger partial charge in [0.2, 0.25) is 5.95 Å². The molecule has 2 aromatic heterocycles. The lowest BCUT2D eigenvalue weighted by atomic mass is 10.2. The molecule has 5 nitrogen and oxygen atoms in total. The second-order valence-corrected chi connectivity index (χ2v) is 5.93. The molecule has 0 saturated heterocycles. The minimum atomic E-state index is 0.217. The number of nitrogens with two attached hydrogens (primary N) is 1. The van der Waals surface area contributed by atoms with Gasteiger partial charge < -0.3 is 5.73 Å². The second-order valence-electron chi connectivity index (χ2n) is 4.87. The number of anilines is 1. The van der Waals surface area contributed by atoms with Gasteiger partial charge >= 0.3 is 0 Å². The Labute approximate surface area is 127 Å². The van der Waals surface area contributed by atoms with Crippen LogP contribution in [0.1, 0.15) is 17.0 Å². The lowest BCUT2D eigenvalue weighted by molar-refractivity contribution is 1.02. The Morgan fingerprint density at radius 3 is 2.24 bits per heavy atom. The Morgan fingerprint density at radius 1 is 0.857 bits per heavy atom. The van der Waals surface area contributed by atoms with Crippen molar-refractivity contribution >= 4 is 28.9 Å². The molecule has 0 unspecified atom stereocenters. The Kier molecular flexibility index (Phi) is 3.47. The van der Waals surface area contributed by atoms with Gasteiger partial charge in [0.25, 0.3) is 0 Å². The van der Waals surface area contributed by atoms with E-state index in [1.54, 1.807) is 0 Å². The van der Waals surface area contributed by atoms with Crippen molar-refractivity contribution in [1.29, 1.82) is 0 Å². The van der Waals surface area contributed by atoms with Crippen LogP contribution >= 0.6 is 11.8 Å². The summed E-state index contributed by atoms with van der Waals surface area (Å²) in [6, 6.07) is 8.24. The maximum absolute atomic E-state index is 5.79. The first-order valence-corrected chi connectivity index (χ1v) is 7.37. The van der Waals surface area contributed by atoms with Crippen molar-refractivity contribution in [1.82, 2.24) is 19.9 Å². The highest BCUT2D eigenvalue weighted by Gasteiger charge is 2.12.